The fraction of sp³-hybridized carbons (Fsp3) is 0.375. The molecule has 0 N–H and O–H groups in total. The summed E-state index contributed by atoms with van der Waals surface area (Å²) >= 11 is 6.59. The molecule has 2 nitrogen and oxygen atoms in total. The van der Waals surface area contributed by atoms with Gasteiger partial charge in [-0.15, -0.1) is 0 Å². The maximum Gasteiger partial charge on any atom is 0.266 e. The van der Waals surface area contributed by atoms with Gasteiger partial charge in [-0.1, -0.05) is 69.0 Å². The van der Waals surface area contributed by atoms with E-state index < -0.39 is 0 Å². The minimum Gasteiger partial charge on any atom is -0.293 e. The normalized spacial score (nSPS) is 18.2. The van der Waals surface area contributed by atoms with Gasteiger partial charge in [0, 0.05) is 6.54 Å². The van der Waals surface area contributed by atoms with Crippen molar-refractivity contribution in [3.05, 3.63) is 40.3 Å². The summed E-state index contributed by atoms with van der Waals surface area (Å²) in [4.78, 5) is 14.5. The average molecular weight is 305 g/mol. The van der Waals surface area contributed by atoms with Crippen LogP contribution in [0, 0.1) is 0 Å². The van der Waals surface area contributed by atoms with Gasteiger partial charge in [0.05, 0.1) is 4.91 Å². The van der Waals surface area contributed by atoms with Crippen LogP contribution in [0.3, 0.4) is 0 Å². The molecule has 106 valence electrons. The molecule has 20 heavy (non-hydrogen) atoms. The van der Waals surface area contributed by atoms with Crippen molar-refractivity contribution in [3.63, 3.8) is 0 Å². The Morgan fingerprint density at radius 2 is 1.85 bits per heavy atom. The monoisotopic (exact) mass is 305 g/mol. The maximum absolute atomic E-state index is 12.1. The number of rotatable bonds is 2. The van der Waals surface area contributed by atoms with Crippen LogP contribution >= 0.6 is 24.0 Å². The highest BCUT2D eigenvalue weighted by atomic mass is 32.2. The van der Waals surface area contributed by atoms with Crippen LogP contribution in [0.4, 0.5) is 0 Å². The molecule has 0 radical (unpaired) electrons. The molecule has 1 heterocycles. The van der Waals surface area contributed by atoms with E-state index in [4.69, 9.17) is 12.2 Å². The summed E-state index contributed by atoms with van der Waals surface area (Å²) in [6, 6.07) is 8.34. The number of thioether (sulfide) groups is 1. The van der Waals surface area contributed by atoms with Crippen molar-refractivity contribution in [3.8, 4) is 0 Å². The molecule has 1 aliphatic rings. The fourth-order valence-corrected chi connectivity index (χ4v) is 3.39. The Bertz CT molecular complexity index is 567. The minimum absolute atomic E-state index is 0.0161. The standard InChI is InChI=1S/C16H19NOS2/c1-5-17-14(18)13(20-15(17)19)10-11-6-8-12(9-7-11)16(2,3)4/h6-10H,5H2,1-4H3. The number of carbonyl (C=O) groups is 1. The van der Waals surface area contributed by atoms with Crippen molar-refractivity contribution in [2.45, 2.75) is 33.1 Å². The quantitative estimate of drug-likeness (QED) is 0.603. The average Bonchev–Trinajstić information content (AvgIpc) is 2.63. The van der Waals surface area contributed by atoms with E-state index in [1.807, 2.05) is 13.0 Å². The van der Waals surface area contributed by atoms with E-state index in [2.05, 4.69) is 45.0 Å². The van der Waals surface area contributed by atoms with Crippen LogP contribution in [0.5, 0.6) is 0 Å². The molecule has 1 fully saturated rings. The highest BCUT2D eigenvalue weighted by molar-refractivity contribution is 8.26. The van der Waals surface area contributed by atoms with Crippen molar-refractivity contribution in [2.24, 2.45) is 0 Å². The summed E-state index contributed by atoms with van der Waals surface area (Å²) in [5, 5.41) is 0. The van der Waals surface area contributed by atoms with Crippen LogP contribution in [0.1, 0.15) is 38.8 Å². The number of carbonyl (C=O) groups excluding carboxylic acids is 1. The van der Waals surface area contributed by atoms with Crippen molar-refractivity contribution in [1.29, 1.82) is 0 Å². The highest BCUT2D eigenvalue weighted by Crippen LogP contribution is 2.32. The lowest BCUT2D eigenvalue weighted by Crippen LogP contribution is -2.27. The van der Waals surface area contributed by atoms with E-state index in [-0.39, 0.29) is 11.3 Å². The van der Waals surface area contributed by atoms with E-state index in [0.29, 0.717) is 15.8 Å². The first kappa shape index (κ1) is 15.3. The first-order valence-corrected chi connectivity index (χ1v) is 7.91. The Hall–Kier alpha value is -1.13. The van der Waals surface area contributed by atoms with Gasteiger partial charge in [-0.05, 0) is 29.5 Å². The van der Waals surface area contributed by atoms with Gasteiger partial charge in [-0.25, -0.2) is 0 Å². The van der Waals surface area contributed by atoms with Crippen LogP contribution in [0.25, 0.3) is 6.08 Å². The zero-order valence-electron chi connectivity index (χ0n) is 12.3. The lowest BCUT2D eigenvalue weighted by molar-refractivity contribution is -0.121. The fourth-order valence-electron chi connectivity index (χ4n) is 2.00. The smallest absolute Gasteiger partial charge is 0.266 e. The van der Waals surface area contributed by atoms with Crippen molar-refractivity contribution < 1.29 is 4.79 Å². The van der Waals surface area contributed by atoms with Crippen LogP contribution < -0.4 is 0 Å². The number of thiocarbonyl (C=S) groups is 1. The summed E-state index contributed by atoms with van der Waals surface area (Å²) in [5.41, 5.74) is 2.47. The molecule has 0 bridgehead atoms. The molecule has 0 aliphatic carbocycles. The third kappa shape index (κ3) is 3.13. The first-order valence-electron chi connectivity index (χ1n) is 6.69. The molecule has 1 saturated heterocycles. The maximum atomic E-state index is 12.1. The molecule has 0 aromatic heterocycles. The topological polar surface area (TPSA) is 20.3 Å². The molecule has 0 spiro atoms. The SMILES string of the molecule is CCN1C(=O)C(=Cc2ccc(C(C)(C)C)cc2)SC1=S. The van der Waals surface area contributed by atoms with Gasteiger partial charge < -0.3 is 0 Å². The Kier molecular flexibility index (Phi) is 4.35. The number of benzene rings is 1. The van der Waals surface area contributed by atoms with Crippen molar-refractivity contribution >= 4 is 40.3 Å². The van der Waals surface area contributed by atoms with Gasteiger partial charge in [-0.2, -0.15) is 0 Å². The third-order valence-corrected chi connectivity index (χ3v) is 4.64. The summed E-state index contributed by atoms with van der Waals surface area (Å²) in [5.74, 6) is 0.0161. The summed E-state index contributed by atoms with van der Waals surface area (Å²) < 4.78 is 0.648. The predicted molar refractivity (Wildman–Crippen MR) is 90.7 cm³/mol. The number of likely N-dealkylation sites (N-methyl/N-ethyl adjacent to an activating group) is 1. The largest absolute Gasteiger partial charge is 0.293 e. The Morgan fingerprint density at radius 1 is 1.25 bits per heavy atom. The molecule has 1 aromatic rings. The molecule has 1 amide bonds. The Balaban J connectivity index is 2.24. The molecule has 0 atom stereocenters. The van der Waals surface area contributed by atoms with Crippen LogP contribution in [0.15, 0.2) is 29.2 Å². The molecular formula is C16H19NOS2. The van der Waals surface area contributed by atoms with Gasteiger partial charge in [0.2, 0.25) is 0 Å². The lowest BCUT2D eigenvalue weighted by Gasteiger charge is -2.18. The molecule has 0 unspecified atom stereocenters. The van der Waals surface area contributed by atoms with Crippen LogP contribution in [0.2, 0.25) is 0 Å². The van der Waals surface area contributed by atoms with Crippen molar-refractivity contribution in [2.75, 3.05) is 6.54 Å². The van der Waals surface area contributed by atoms with Gasteiger partial charge >= 0.3 is 0 Å². The van der Waals surface area contributed by atoms with Crippen LogP contribution in [-0.2, 0) is 10.2 Å². The van der Waals surface area contributed by atoms with Crippen LogP contribution in [-0.4, -0.2) is 21.7 Å². The van der Waals surface area contributed by atoms with Gasteiger partial charge in [0.1, 0.15) is 4.32 Å². The second kappa shape index (κ2) is 5.70. The highest BCUT2D eigenvalue weighted by Gasteiger charge is 2.30. The van der Waals surface area contributed by atoms with Gasteiger partial charge in [0.25, 0.3) is 5.91 Å². The van der Waals surface area contributed by atoms with E-state index >= 15 is 0 Å². The Labute approximate surface area is 130 Å². The minimum atomic E-state index is 0.0161. The molecule has 1 aromatic carbocycles. The predicted octanol–water partition coefficient (Wildman–Crippen LogP) is 4.21. The third-order valence-electron chi connectivity index (χ3n) is 3.26. The number of nitrogens with zero attached hydrogens (tertiary/aromatic N) is 1. The zero-order chi connectivity index (χ0) is 14.9. The lowest BCUT2D eigenvalue weighted by atomic mass is 9.87. The van der Waals surface area contributed by atoms with E-state index in [9.17, 15) is 4.79 Å². The molecule has 0 saturated carbocycles. The summed E-state index contributed by atoms with van der Waals surface area (Å²) in [7, 11) is 0. The van der Waals surface area contributed by atoms with E-state index in [0.717, 1.165) is 5.56 Å². The molecule has 2 rings (SSSR count). The number of hydrogen-bond acceptors (Lipinski definition) is 3. The van der Waals surface area contributed by atoms with Gasteiger partial charge in [-0.3, -0.25) is 9.69 Å². The first-order chi connectivity index (χ1) is 9.32. The second-order valence-electron chi connectivity index (χ2n) is 5.80. The summed E-state index contributed by atoms with van der Waals surface area (Å²) in [6.45, 7) is 9.13. The molecular weight excluding hydrogens is 286 g/mol. The second-order valence-corrected chi connectivity index (χ2v) is 7.47. The summed E-state index contributed by atoms with van der Waals surface area (Å²) in [6.07, 6.45) is 1.92. The van der Waals surface area contributed by atoms with E-state index in [1.54, 1.807) is 4.90 Å². The zero-order valence-corrected chi connectivity index (χ0v) is 13.9. The van der Waals surface area contributed by atoms with Crippen molar-refractivity contribution in [1.82, 2.24) is 4.90 Å². The molecule has 4 heteroatoms. The number of hydrogen-bond donors (Lipinski definition) is 0. The van der Waals surface area contributed by atoms with Gasteiger partial charge in [0.15, 0.2) is 0 Å². The number of amides is 1. The Morgan fingerprint density at radius 3 is 2.30 bits per heavy atom. The molecule has 1 aliphatic heterocycles. The van der Waals surface area contributed by atoms with E-state index in [1.165, 1.54) is 17.3 Å².